The molecule has 0 amide bonds. The smallest absolute Gasteiger partial charge is 0.269 e. The molecule has 1 aromatic heterocycles. The monoisotopic (exact) mass is 475 g/mol. The van der Waals surface area contributed by atoms with E-state index < -0.39 is 4.92 Å². The van der Waals surface area contributed by atoms with E-state index in [2.05, 4.69) is 21.6 Å². The summed E-state index contributed by atoms with van der Waals surface area (Å²) in [5.41, 5.74) is 6.24. The van der Waals surface area contributed by atoms with E-state index in [-0.39, 0.29) is 12.3 Å². The summed E-state index contributed by atoms with van der Waals surface area (Å²) in [6.07, 6.45) is 1.59. The summed E-state index contributed by atoms with van der Waals surface area (Å²) in [6.45, 7) is 4.66. The number of anilines is 1. The van der Waals surface area contributed by atoms with Gasteiger partial charge in [0.2, 0.25) is 0 Å². The molecule has 0 radical (unpaired) electrons. The Morgan fingerprint density at radius 1 is 1.14 bits per heavy atom. The lowest BCUT2D eigenvalue weighted by molar-refractivity contribution is -0.384. The maximum Gasteiger partial charge on any atom is 0.269 e. The zero-order chi connectivity index (χ0) is 25.2. The zero-order valence-corrected chi connectivity index (χ0v) is 19.6. The predicted molar refractivity (Wildman–Crippen MR) is 131 cm³/mol. The maximum atomic E-state index is 10.8. The summed E-state index contributed by atoms with van der Waals surface area (Å²) < 4.78 is 16.7. The summed E-state index contributed by atoms with van der Waals surface area (Å²) >= 11 is 0. The van der Waals surface area contributed by atoms with Crippen molar-refractivity contribution in [2.24, 2.45) is 5.10 Å². The molecule has 10 heteroatoms. The molecule has 2 aromatic carbocycles. The van der Waals surface area contributed by atoms with E-state index in [4.69, 9.17) is 14.2 Å². The molecule has 10 nitrogen and oxygen atoms in total. The quantitative estimate of drug-likeness (QED) is 0.239. The van der Waals surface area contributed by atoms with Crippen LogP contribution in [-0.2, 0) is 18.0 Å². The molecule has 0 spiro atoms. The molecule has 0 saturated heterocycles. The first-order valence-corrected chi connectivity index (χ1v) is 10.8. The molecule has 180 valence electrons. The van der Waals surface area contributed by atoms with Crippen LogP contribution in [0, 0.1) is 28.4 Å². The van der Waals surface area contributed by atoms with Crippen LogP contribution in [0.2, 0.25) is 0 Å². The minimum Gasteiger partial charge on any atom is -0.490 e. The summed E-state index contributed by atoms with van der Waals surface area (Å²) in [7, 11) is 1.57. The lowest BCUT2D eigenvalue weighted by Crippen LogP contribution is -2.04. The second-order valence-corrected chi connectivity index (χ2v) is 7.41. The fourth-order valence-corrected chi connectivity index (χ4v) is 3.25. The van der Waals surface area contributed by atoms with Crippen LogP contribution in [-0.4, -0.2) is 29.8 Å². The number of methoxy groups -OCH3 is 1. The fraction of sp³-hybridized carbons (Fsp3) is 0.240. The van der Waals surface area contributed by atoms with Crippen molar-refractivity contribution < 1.29 is 19.1 Å². The predicted octanol–water partition coefficient (Wildman–Crippen LogP) is 4.74. The average molecular weight is 476 g/mol. The third kappa shape index (κ3) is 6.75. The van der Waals surface area contributed by atoms with Crippen LogP contribution in [0.15, 0.2) is 53.6 Å². The molecule has 0 atom stereocenters. The molecular formula is C25H25N5O5. The maximum absolute atomic E-state index is 10.8. The molecule has 1 heterocycles. The number of hydrogen-bond acceptors (Lipinski definition) is 9. The van der Waals surface area contributed by atoms with Crippen molar-refractivity contribution in [3.05, 3.63) is 86.6 Å². The highest BCUT2D eigenvalue weighted by Gasteiger charge is 2.11. The zero-order valence-electron chi connectivity index (χ0n) is 19.6. The number of nitriles is 1. The van der Waals surface area contributed by atoms with Crippen LogP contribution in [0.4, 0.5) is 11.5 Å². The van der Waals surface area contributed by atoms with Gasteiger partial charge in [0.25, 0.3) is 5.69 Å². The van der Waals surface area contributed by atoms with Gasteiger partial charge < -0.3 is 14.2 Å². The number of hydrazone groups is 1. The van der Waals surface area contributed by atoms with Gasteiger partial charge in [0.05, 0.1) is 24.4 Å². The highest BCUT2D eigenvalue weighted by Crippen LogP contribution is 2.29. The highest BCUT2D eigenvalue weighted by atomic mass is 16.6. The van der Waals surface area contributed by atoms with Crippen LogP contribution in [0.1, 0.15) is 34.9 Å². The van der Waals surface area contributed by atoms with Crippen LogP contribution < -0.4 is 14.9 Å². The molecule has 0 fully saturated rings. The van der Waals surface area contributed by atoms with Gasteiger partial charge in [0.1, 0.15) is 18.2 Å². The molecule has 1 N–H and O–H groups in total. The molecule has 0 saturated carbocycles. The van der Waals surface area contributed by atoms with Crippen LogP contribution in [0.3, 0.4) is 0 Å². The Bertz CT molecular complexity index is 1250. The van der Waals surface area contributed by atoms with Crippen molar-refractivity contribution in [3.8, 4) is 17.6 Å². The number of pyridine rings is 1. The third-order valence-corrected chi connectivity index (χ3v) is 4.83. The van der Waals surface area contributed by atoms with E-state index in [9.17, 15) is 15.4 Å². The van der Waals surface area contributed by atoms with Crippen molar-refractivity contribution >= 4 is 17.7 Å². The minimum absolute atomic E-state index is 0.0266. The number of nitrogens with zero attached hydrogens (tertiary/aromatic N) is 4. The van der Waals surface area contributed by atoms with Crippen LogP contribution >= 0.6 is 0 Å². The summed E-state index contributed by atoms with van der Waals surface area (Å²) in [5, 5.41) is 24.6. The fourth-order valence-electron chi connectivity index (χ4n) is 3.25. The second kappa shape index (κ2) is 12.1. The van der Waals surface area contributed by atoms with E-state index >= 15 is 0 Å². The number of aromatic nitrogens is 1. The van der Waals surface area contributed by atoms with Crippen LogP contribution in [0.25, 0.3) is 0 Å². The molecule has 3 aromatic rings. The highest BCUT2D eigenvalue weighted by molar-refractivity contribution is 5.81. The van der Waals surface area contributed by atoms with Gasteiger partial charge in [-0.3, -0.25) is 15.5 Å². The molecule has 0 aliphatic carbocycles. The van der Waals surface area contributed by atoms with E-state index in [1.54, 1.807) is 43.7 Å². The molecule has 3 rings (SSSR count). The van der Waals surface area contributed by atoms with Gasteiger partial charge in [-0.1, -0.05) is 0 Å². The Kier molecular flexibility index (Phi) is 8.70. The van der Waals surface area contributed by atoms with E-state index in [1.807, 2.05) is 19.9 Å². The number of hydrogen-bond donors (Lipinski definition) is 1. The summed E-state index contributed by atoms with van der Waals surface area (Å²) in [5.74, 6) is 1.42. The van der Waals surface area contributed by atoms with Crippen molar-refractivity contribution in [2.45, 2.75) is 27.1 Å². The Hall–Kier alpha value is -4.49. The van der Waals surface area contributed by atoms with Crippen molar-refractivity contribution in [3.63, 3.8) is 0 Å². The van der Waals surface area contributed by atoms with E-state index in [0.717, 1.165) is 22.4 Å². The summed E-state index contributed by atoms with van der Waals surface area (Å²) in [4.78, 5) is 14.7. The number of nitro benzene ring substituents is 1. The second-order valence-electron chi connectivity index (χ2n) is 7.41. The largest absolute Gasteiger partial charge is 0.490 e. The lowest BCUT2D eigenvalue weighted by Gasteiger charge is -2.13. The van der Waals surface area contributed by atoms with E-state index in [1.165, 1.54) is 12.1 Å². The first-order chi connectivity index (χ1) is 16.9. The number of ether oxygens (including phenoxy) is 3. The Morgan fingerprint density at radius 2 is 1.91 bits per heavy atom. The topological polar surface area (TPSA) is 132 Å². The van der Waals surface area contributed by atoms with Gasteiger partial charge in [-0.25, -0.2) is 4.98 Å². The molecule has 0 bridgehead atoms. The first-order valence-electron chi connectivity index (χ1n) is 10.8. The number of rotatable bonds is 11. The normalized spacial score (nSPS) is 10.7. The Labute approximate surface area is 202 Å². The van der Waals surface area contributed by atoms with Gasteiger partial charge in [0.15, 0.2) is 17.3 Å². The van der Waals surface area contributed by atoms with Gasteiger partial charge in [-0.05, 0) is 61.4 Å². The molecular weight excluding hydrogens is 450 g/mol. The number of benzene rings is 2. The third-order valence-electron chi connectivity index (χ3n) is 4.83. The number of aryl methyl sites for hydroxylation is 1. The standard InChI is InChI=1S/C25H25N5O5/c1-4-34-24-12-19(7-10-23(24)35-15-18-5-8-21(9-6-18)30(31)32)14-27-29-25-22(13-26)20(16-33-3)11-17(2)28-25/h5-12,14H,4,15-16H2,1-3H3,(H,28,29). The first kappa shape index (κ1) is 25.1. The van der Waals surface area contributed by atoms with Crippen LogP contribution in [0.5, 0.6) is 11.5 Å². The number of non-ortho nitro benzene ring substituents is 1. The van der Waals surface area contributed by atoms with Gasteiger partial charge in [-0.15, -0.1) is 0 Å². The molecule has 0 aliphatic heterocycles. The van der Waals surface area contributed by atoms with Gasteiger partial charge in [-0.2, -0.15) is 10.4 Å². The van der Waals surface area contributed by atoms with E-state index in [0.29, 0.717) is 36.1 Å². The summed E-state index contributed by atoms with van der Waals surface area (Å²) in [6, 6.07) is 15.5. The number of nitro groups is 1. The number of nitrogens with one attached hydrogen (secondary N) is 1. The minimum atomic E-state index is -0.443. The average Bonchev–Trinajstić information content (AvgIpc) is 2.84. The molecule has 0 aliphatic rings. The lowest BCUT2D eigenvalue weighted by atomic mass is 10.1. The van der Waals surface area contributed by atoms with Crippen molar-refractivity contribution in [2.75, 3.05) is 19.1 Å². The Balaban J connectivity index is 1.73. The van der Waals surface area contributed by atoms with Gasteiger partial charge in [0, 0.05) is 30.5 Å². The Morgan fingerprint density at radius 3 is 2.57 bits per heavy atom. The molecule has 0 unspecified atom stereocenters. The van der Waals surface area contributed by atoms with Crippen molar-refractivity contribution in [1.82, 2.24) is 4.98 Å². The van der Waals surface area contributed by atoms with Crippen molar-refractivity contribution in [1.29, 1.82) is 5.26 Å². The van der Waals surface area contributed by atoms with Gasteiger partial charge >= 0.3 is 0 Å². The molecule has 35 heavy (non-hydrogen) atoms. The SMILES string of the molecule is CCOc1cc(C=NNc2nc(C)cc(COC)c2C#N)ccc1OCc1ccc([N+](=O)[O-])cc1.